The quantitative estimate of drug-likeness (QED) is 0.499. The summed E-state index contributed by atoms with van der Waals surface area (Å²) in [5, 5.41) is 13.4. The number of rotatable bonds is 9. The van der Waals surface area contributed by atoms with Crippen LogP contribution < -0.4 is 10.0 Å². The van der Waals surface area contributed by atoms with Crippen LogP contribution in [0.4, 0.5) is 5.69 Å². The third-order valence-corrected chi connectivity index (χ3v) is 7.76. The van der Waals surface area contributed by atoms with Gasteiger partial charge in [0, 0.05) is 43.3 Å². The molecule has 0 unspecified atom stereocenters. The molecule has 3 rings (SSSR count). The fourth-order valence-electron chi connectivity index (χ4n) is 4.08. The number of nitrogens with one attached hydrogen (secondary N) is 2. The van der Waals surface area contributed by atoms with Gasteiger partial charge in [-0.1, -0.05) is 39.0 Å². The van der Waals surface area contributed by atoms with Crippen LogP contribution in [-0.4, -0.2) is 49.0 Å². The van der Waals surface area contributed by atoms with Gasteiger partial charge < -0.3 is 10.4 Å². The largest absolute Gasteiger partial charge is 0.387 e. The molecule has 1 aliphatic rings. The minimum Gasteiger partial charge on any atom is -0.387 e. The predicted octanol–water partition coefficient (Wildman–Crippen LogP) is 3.36. The number of aliphatic hydroxyl groups is 1. The number of aliphatic hydroxyl groups excluding tert-OH is 1. The molecule has 2 heterocycles. The summed E-state index contributed by atoms with van der Waals surface area (Å²) in [5.41, 5.74) is 2.68. The van der Waals surface area contributed by atoms with E-state index < -0.39 is 16.3 Å². The first-order chi connectivity index (χ1) is 15.1. The highest BCUT2D eigenvalue weighted by molar-refractivity contribution is 7.90. The first-order valence-corrected chi connectivity index (χ1v) is 12.7. The van der Waals surface area contributed by atoms with Crippen molar-refractivity contribution in [3.8, 4) is 0 Å². The summed E-state index contributed by atoms with van der Waals surface area (Å²) in [6, 6.07) is 11.1. The number of aromatic nitrogens is 1. The fourth-order valence-corrected chi connectivity index (χ4v) is 5.33. The molecule has 1 aliphatic heterocycles. The van der Waals surface area contributed by atoms with Crippen molar-refractivity contribution in [2.45, 2.75) is 46.1 Å². The van der Waals surface area contributed by atoms with Crippen molar-refractivity contribution in [3.05, 3.63) is 59.9 Å². The molecule has 0 spiro atoms. The van der Waals surface area contributed by atoms with Gasteiger partial charge >= 0.3 is 10.2 Å². The van der Waals surface area contributed by atoms with Gasteiger partial charge in [0.05, 0.1) is 6.10 Å². The zero-order chi connectivity index (χ0) is 23.2. The van der Waals surface area contributed by atoms with Crippen molar-refractivity contribution >= 4 is 15.9 Å². The smallest absolute Gasteiger partial charge is 0.301 e. The molecule has 3 N–H and O–H groups in total. The van der Waals surface area contributed by atoms with Crippen LogP contribution in [0.5, 0.6) is 0 Å². The van der Waals surface area contributed by atoms with Gasteiger partial charge in [-0.15, -0.1) is 0 Å². The molecule has 1 atom stereocenters. The average Bonchev–Trinajstić information content (AvgIpc) is 2.77. The lowest BCUT2D eigenvalue weighted by atomic mass is 9.76. The molecule has 1 aromatic heterocycles. The molecule has 7 nitrogen and oxygen atoms in total. The standard InChI is InChI=1S/C24H36N4O3S/c1-24(2,3)21-11-15-28(16-12-21)32(30,31)27-22-8-6-19(7-9-22)10-14-26-18-23(29)20-5-4-13-25-17-20/h4-9,13,17,21,23,26-27,29H,10-12,14-16,18H2,1-3H3/t23-/m1/s1. The van der Waals surface area contributed by atoms with Crippen molar-refractivity contribution in [3.63, 3.8) is 0 Å². The predicted molar refractivity (Wildman–Crippen MR) is 129 cm³/mol. The molecule has 1 saturated heterocycles. The maximum Gasteiger partial charge on any atom is 0.301 e. The van der Waals surface area contributed by atoms with Crippen LogP contribution in [0.15, 0.2) is 48.8 Å². The monoisotopic (exact) mass is 460 g/mol. The Morgan fingerprint density at radius 2 is 1.84 bits per heavy atom. The second kappa shape index (κ2) is 10.7. The van der Waals surface area contributed by atoms with E-state index in [1.54, 1.807) is 28.8 Å². The molecule has 8 heteroatoms. The van der Waals surface area contributed by atoms with Crippen LogP contribution in [-0.2, 0) is 16.6 Å². The van der Waals surface area contributed by atoms with Gasteiger partial charge in [0.15, 0.2) is 0 Å². The Morgan fingerprint density at radius 1 is 1.16 bits per heavy atom. The third-order valence-electron chi connectivity index (χ3n) is 6.22. The number of nitrogens with zero attached hydrogens (tertiary/aromatic N) is 2. The summed E-state index contributed by atoms with van der Waals surface area (Å²) in [6.45, 7) is 8.96. The van der Waals surface area contributed by atoms with Crippen LogP contribution in [0.25, 0.3) is 0 Å². The Balaban J connectivity index is 1.43. The molecule has 0 amide bonds. The second-order valence-corrected chi connectivity index (χ2v) is 11.3. The van der Waals surface area contributed by atoms with Gasteiger partial charge in [-0.25, -0.2) is 0 Å². The number of hydrogen-bond acceptors (Lipinski definition) is 5. The molecule has 0 aliphatic carbocycles. The highest BCUT2D eigenvalue weighted by atomic mass is 32.2. The molecular formula is C24H36N4O3S. The Kier molecular flexibility index (Phi) is 8.27. The molecule has 0 saturated carbocycles. The van der Waals surface area contributed by atoms with E-state index in [-0.39, 0.29) is 5.41 Å². The summed E-state index contributed by atoms with van der Waals surface area (Å²) in [7, 11) is -3.54. The third kappa shape index (κ3) is 7.00. The number of hydrogen-bond donors (Lipinski definition) is 3. The zero-order valence-electron chi connectivity index (χ0n) is 19.3. The van der Waals surface area contributed by atoms with Gasteiger partial charge in [0.1, 0.15) is 0 Å². The molecule has 32 heavy (non-hydrogen) atoms. The minimum atomic E-state index is -3.54. The number of pyridine rings is 1. The van der Waals surface area contributed by atoms with Gasteiger partial charge in [0.2, 0.25) is 0 Å². The van der Waals surface area contributed by atoms with Gasteiger partial charge in [-0.3, -0.25) is 9.71 Å². The topological polar surface area (TPSA) is 94.6 Å². The molecule has 2 aromatic rings. The van der Waals surface area contributed by atoms with E-state index in [9.17, 15) is 13.5 Å². The first-order valence-electron chi connectivity index (χ1n) is 11.3. The second-order valence-electron chi connectivity index (χ2n) is 9.60. The minimum absolute atomic E-state index is 0.213. The maximum absolute atomic E-state index is 12.8. The van der Waals surface area contributed by atoms with Crippen molar-refractivity contribution < 1.29 is 13.5 Å². The molecule has 0 radical (unpaired) electrons. The number of piperidine rings is 1. The lowest BCUT2D eigenvalue weighted by Gasteiger charge is -2.38. The SMILES string of the molecule is CC(C)(C)C1CCN(S(=O)(=O)Nc2ccc(CCNC[C@@H](O)c3cccnc3)cc2)CC1. The van der Waals surface area contributed by atoms with Crippen LogP contribution >= 0.6 is 0 Å². The lowest BCUT2D eigenvalue weighted by molar-refractivity contribution is 0.154. The summed E-state index contributed by atoms with van der Waals surface area (Å²) in [6.07, 6.45) is 5.33. The van der Waals surface area contributed by atoms with Crippen molar-refractivity contribution in [2.75, 3.05) is 30.9 Å². The van der Waals surface area contributed by atoms with Crippen molar-refractivity contribution in [1.29, 1.82) is 0 Å². The van der Waals surface area contributed by atoms with Crippen LogP contribution in [0, 0.1) is 11.3 Å². The van der Waals surface area contributed by atoms with Crippen molar-refractivity contribution in [1.82, 2.24) is 14.6 Å². The molecule has 1 fully saturated rings. The highest BCUT2D eigenvalue weighted by Gasteiger charge is 2.33. The van der Waals surface area contributed by atoms with Crippen LogP contribution in [0.2, 0.25) is 0 Å². The normalized spacial score (nSPS) is 17.2. The zero-order valence-corrected chi connectivity index (χ0v) is 20.1. The highest BCUT2D eigenvalue weighted by Crippen LogP contribution is 2.35. The van der Waals surface area contributed by atoms with E-state index >= 15 is 0 Å². The molecule has 1 aromatic carbocycles. The Labute approximate surface area is 192 Å². The molecular weight excluding hydrogens is 424 g/mol. The van der Waals surface area contributed by atoms with E-state index in [0.29, 0.717) is 37.8 Å². The van der Waals surface area contributed by atoms with Crippen LogP contribution in [0.1, 0.15) is 50.8 Å². The van der Waals surface area contributed by atoms with E-state index in [1.165, 1.54) is 0 Å². The first kappa shape index (κ1) is 24.6. The molecule has 176 valence electrons. The van der Waals surface area contributed by atoms with E-state index in [2.05, 4.69) is 35.8 Å². The lowest BCUT2D eigenvalue weighted by Crippen LogP contribution is -2.43. The van der Waals surface area contributed by atoms with Crippen LogP contribution in [0.3, 0.4) is 0 Å². The fraction of sp³-hybridized carbons (Fsp3) is 0.542. The van der Waals surface area contributed by atoms with E-state index in [4.69, 9.17) is 0 Å². The number of benzene rings is 1. The maximum atomic E-state index is 12.8. The van der Waals surface area contributed by atoms with Gasteiger partial charge in [-0.05, 0) is 60.9 Å². The Bertz CT molecular complexity index is 935. The molecule has 0 bridgehead atoms. The Hall–Kier alpha value is -2.00. The average molecular weight is 461 g/mol. The van der Waals surface area contributed by atoms with Gasteiger partial charge in [0.25, 0.3) is 0 Å². The Morgan fingerprint density at radius 3 is 2.44 bits per heavy atom. The summed E-state index contributed by atoms with van der Waals surface area (Å²) in [5.74, 6) is 0.548. The summed E-state index contributed by atoms with van der Waals surface area (Å²) in [4.78, 5) is 4.02. The van der Waals surface area contributed by atoms with Gasteiger partial charge in [-0.2, -0.15) is 12.7 Å². The van der Waals surface area contributed by atoms with E-state index in [1.807, 2.05) is 24.3 Å². The number of anilines is 1. The summed E-state index contributed by atoms with van der Waals surface area (Å²) < 4.78 is 29.8. The summed E-state index contributed by atoms with van der Waals surface area (Å²) >= 11 is 0. The van der Waals surface area contributed by atoms with Crippen molar-refractivity contribution in [2.24, 2.45) is 11.3 Å². The van der Waals surface area contributed by atoms with E-state index in [0.717, 1.165) is 30.4 Å².